The molecule has 1 nitrogen and oxygen atoms in total. The van der Waals surface area contributed by atoms with Crippen molar-refractivity contribution in [2.45, 2.75) is 28.8 Å². The number of benzene rings is 2. The molecule has 0 radical (unpaired) electrons. The van der Waals surface area contributed by atoms with Gasteiger partial charge < -0.3 is 0 Å². The third-order valence-corrected chi connectivity index (χ3v) is 4.74. The second-order valence-electron chi connectivity index (χ2n) is 4.93. The van der Waals surface area contributed by atoms with Crippen LogP contribution in [-0.4, -0.2) is 5.78 Å². The summed E-state index contributed by atoms with van der Waals surface area (Å²) in [6.45, 7) is 1.73. The van der Waals surface area contributed by atoms with Gasteiger partial charge in [-0.3, -0.25) is 4.79 Å². The van der Waals surface area contributed by atoms with Crippen molar-refractivity contribution in [3.05, 3.63) is 59.2 Å². The minimum Gasteiger partial charge on any atom is -0.293 e. The first-order chi connectivity index (χ1) is 9.88. The van der Waals surface area contributed by atoms with Crippen molar-refractivity contribution in [3.8, 4) is 0 Å². The van der Waals surface area contributed by atoms with Crippen LogP contribution < -0.4 is 0 Å². The van der Waals surface area contributed by atoms with Gasteiger partial charge in [-0.15, -0.1) is 0 Å². The van der Waals surface area contributed by atoms with Gasteiger partial charge in [0.15, 0.2) is 5.78 Å². The Hall–Kier alpha value is -1.75. The minimum atomic E-state index is -4.44. The van der Waals surface area contributed by atoms with Crippen LogP contribution in [0.5, 0.6) is 0 Å². The molecule has 0 fully saturated rings. The van der Waals surface area contributed by atoms with Crippen molar-refractivity contribution in [1.82, 2.24) is 0 Å². The lowest BCUT2D eigenvalue weighted by Crippen LogP contribution is -2.12. The van der Waals surface area contributed by atoms with Crippen molar-refractivity contribution in [3.63, 3.8) is 0 Å². The summed E-state index contributed by atoms with van der Waals surface area (Å²) in [5.74, 6) is -0.716. The van der Waals surface area contributed by atoms with E-state index in [-0.39, 0.29) is 11.3 Å². The van der Waals surface area contributed by atoms with Crippen LogP contribution in [0.25, 0.3) is 0 Å². The van der Waals surface area contributed by atoms with E-state index in [9.17, 15) is 18.0 Å². The Kier molecular flexibility index (Phi) is 3.32. The normalized spacial score (nSPS) is 17.9. The van der Waals surface area contributed by atoms with E-state index in [2.05, 4.69) is 0 Å². The van der Waals surface area contributed by atoms with Gasteiger partial charge in [0, 0.05) is 21.3 Å². The highest BCUT2D eigenvalue weighted by Gasteiger charge is 2.34. The maximum absolute atomic E-state index is 12.8. The molecule has 0 aromatic heterocycles. The number of hydrogen-bond donors (Lipinski definition) is 0. The first-order valence-electron chi connectivity index (χ1n) is 6.40. The topological polar surface area (TPSA) is 17.1 Å². The van der Waals surface area contributed by atoms with E-state index in [1.807, 2.05) is 24.3 Å². The number of rotatable bonds is 0. The highest BCUT2D eigenvalue weighted by molar-refractivity contribution is 7.99. The summed E-state index contributed by atoms with van der Waals surface area (Å²) in [5, 5.41) is 0. The Morgan fingerprint density at radius 1 is 1.05 bits per heavy atom. The number of carbonyl (C=O) groups is 1. The second-order valence-corrected chi connectivity index (χ2v) is 6.02. The van der Waals surface area contributed by atoms with Gasteiger partial charge in [0.25, 0.3) is 0 Å². The first-order valence-corrected chi connectivity index (χ1v) is 7.22. The number of Topliss-reactive ketones (excluding diaryl/α,β-unsaturated/α-hetero) is 1. The molecular formula is C16H11F3OS. The highest BCUT2D eigenvalue weighted by atomic mass is 32.2. The van der Waals surface area contributed by atoms with Crippen molar-refractivity contribution in [2.75, 3.05) is 0 Å². The summed E-state index contributed by atoms with van der Waals surface area (Å²) in [5.41, 5.74) is 0.226. The second kappa shape index (κ2) is 4.91. The third kappa shape index (κ3) is 2.46. The molecule has 5 heteroatoms. The largest absolute Gasteiger partial charge is 0.416 e. The lowest BCUT2D eigenvalue weighted by atomic mass is 9.92. The molecule has 3 rings (SSSR count). The van der Waals surface area contributed by atoms with Crippen LogP contribution in [-0.2, 0) is 6.18 Å². The van der Waals surface area contributed by atoms with E-state index in [1.54, 1.807) is 6.92 Å². The van der Waals surface area contributed by atoms with Crippen LogP contribution >= 0.6 is 11.8 Å². The van der Waals surface area contributed by atoms with E-state index in [4.69, 9.17) is 0 Å². The molecule has 21 heavy (non-hydrogen) atoms. The van der Waals surface area contributed by atoms with Crippen LogP contribution in [0.2, 0.25) is 0 Å². The minimum absolute atomic E-state index is 0.151. The molecule has 0 spiro atoms. The average Bonchev–Trinajstić information content (AvgIpc) is 2.55. The summed E-state index contributed by atoms with van der Waals surface area (Å²) in [6.07, 6.45) is -4.44. The molecule has 1 unspecified atom stereocenters. The summed E-state index contributed by atoms with van der Waals surface area (Å²) in [7, 11) is 0. The first kappa shape index (κ1) is 14.2. The van der Waals surface area contributed by atoms with Gasteiger partial charge in [0.05, 0.1) is 5.56 Å². The van der Waals surface area contributed by atoms with E-state index >= 15 is 0 Å². The lowest BCUT2D eigenvalue weighted by molar-refractivity contribution is -0.137. The van der Waals surface area contributed by atoms with Crippen LogP contribution in [0.4, 0.5) is 13.2 Å². The smallest absolute Gasteiger partial charge is 0.293 e. The van der Waals surface area contributed by atoms with E-state index in [0.29, 0.717) is 4.90 Å². The molecule has 2 aromatic carbocycles. The lowest BCUT2D eigenvalue weighted by Gasteiger charge is -2.12. The molecule has 0 bridgehead atoms. The van der Waals surface area contributed by atoms with Crippen molar-refractivity contribution in [1.29, 1.82) is 0 Å². The monoisotopic (exact) mass is 308 g/mol. The van der Waals surface area contributed by atoms with Crippen LogP contribution in [0.3, 0.4) is 0 Å². The quantitative estimate of drug-likeness (QED) is 0.669. The molecule has 0 aliphatic carbocycles. The number of ketones is 1. The Morgan fingerprint density at radius 2 is 1.76 bits per heavy atom. The zero-order valence-corrected chi connectivity index (χ0v) is 11.9. The molecular weight excluding hydrogens is 297 g/mol. The Labute approximate surface area is 124 Å². The maximum atomic E-state index is 12.8. The summed E-state index contributed by atoms with van der Waals surface area (Å²) in [6, 6.07) is 10.8. The molecule has 0 saturated carbocycles. The number of hydrogen-bond acceptors (Lipinski definition) is 2. The molecule has 1 heterocycles. The van der Waals surface area contributed by atoms with E-state index in [0.717, 1.165) is 22.6 Å². The van der Waals surface area contributed by atoms with Gasteiger partial charge in [-0.2, -0.15) is 13.2 Å². The van der Waals surface area contributed by atoms with Gasteiger partial charge in [-0.1, -0.05) is 36.9 Å². The standard InChI is InChI=1S/C16H11F3OS/c1-9-11-4-2-3-5-13(11)21-14-7-6-10(16(17,18)19)8-12(14)15(9)20/h2-9H,1H3. The molecule has 2 aromatic rings. The van der Waals surface area contributed by atoms with Gasteiger partial charge in [-0.25, -0.2) is 0 Å². The summed E-state index contributed by atoms with van der Waals surface area (Å²) < 4.78 is 38.5. The number of halogens is 3. The Balaban J connectivity index is 2.17. The van der Waals surface area contributed by atoms with Crippen LogP contribution in [0.15, 0.2) is 52.3 Å². The van der Waals surface area contributed by atoms with Crippen molar-refractivity contribution < 1.29 is 18.0 Å². The third-order valence-electron chi connectivity index (χ3n) is 3.57. The maximum Gasteiger partial charge on any atom is 0.416 e. The predicted molar refractivity (Wildman–Crippen MR) is 74.8 cm³/mol. The molecule has 1 aliphatic heterocycles. The van der Waals surface area contributed by atoms with Gasteiger partial charge >= 0.3 is 6.18 Å². The fourth-order valence-electron chi connectivity index (χ4n) is 2.41. The summed E-state index contributed by atoms with van der Waals surface area (Å²) in [4.78, 5) is 14.0. The van der Waals surface area contributed by atoms with Gasteiger partial charge in [-0.05, 0) is 29.8 Å². The van der Waals surface area contributed by atoms with Crippen LogP contribution in [0.1, 0.15) is 34.3 Å². The zero-order valence-electron chi connectivity index (χ0n) is 11.1. The molecule has 1 aliphatic rings. The highest BCUT2D eigenvalue weighted by Crippen LogP contribution is 2.43. The number of alkyl halides is 3. The molecule has 0 saturated heterocycles. The van der Waals surface area contributed by atoms with Gasteiger partial charge in [0.1, 0.15) is 0 Å². The van der Waals surface area contributed by atoms with Crippen molar-refractivity contribution in [2.24, 2.45) is 0 Å². The number of carbonyl (C=O) groups excluding carboxylic acids is 1. The van der Waals surface area contributed by atoms with Crippen LogP contribution in [0, 0.1) is 0 Å². The van der Waals surface area contributed by atoms with E-state index < -0.39 is 17.7 Å². The zero-order chi connectivity index (χ0) is 15.2. The van der Waals surface area contributed by atoms with E-state index in [1.165, 1.54) is 17.8 Å². The Bertz CT molecular complexity index is 722. The number of fused-ring (bicyclic) bond motifs is 2. The fourth-order valence-corrected chi connectivity index (χ4v) is 3.56. The predicted octanol–water partition coefficient (Wildman–Crippen LogP) is 5.16. The Morgan fingerprint density at radius 3 is 2.48 bits per heavy atom. The van der Waals surface area contributed by atoms with Crippen molar-refractivity contribution >= 4 is 17.5 Å². The molecule has 108 valence electrons. The molecule has 0 amide bonds. The average molecular weight is 308 g/mol. The SMILES string of the molecule is CC1C(=O)c2cc(C(F)(F)F)ccc2Sc2ccccc21. The summed E-state index contributed by atoms with van der Waals surface area (Å²) >= 11 is 1.34. The molecule has 0 N–H and O–H groups in total. The molecule has 1 atom stereocenters. The fraction of sp³-hybridized carbons (Fsp3) is 0.188. The van der Waals surface area contributed by atoms with Gasteiger partial charge in [0.2, 0.25) is 0 Å².